The first-order chi connectivity index (χ1) is 13.9. The molecule has 1 aliphatic rings. The van der Waals surface area contributed by atoms with E-state index < -0.39 is 20.6 Å². The molecule has 152 valence electrons. The van der Waals surface area contributed by atoms with Gasteiger partial charge in [-0.15, -0.1) is 0 Å². The van der Waals surface area contributed by atoms with Crippen molar-refractivity contribution in [2.75, 3.05) is 19.7 Å². The average molecular weight is 417 g/mol. The molecule has 1 saturated heterocycles. The molecule has 0 N–H and O–H groups in total. The smallest absolute Gasteiger partial charge is 0.312 e. The summed E-state index contributed by atoms with van der Waals surface area (Å²) in [6.07, 6.45) is 1.53. The molecule has 0 radical (unpaired) electrons. The zero-order valence-electron chi connectivity index (χ0n) is 15.7. The van der Waals surface area contributed by atoms with Crippen LogP contribution in [0.5, 0.6) is 17.2 Å². The van der Waals surface area contributed by atoms with E-state index in [2.05, 4.69) is 0 Å². The van der Waals surface area contributed by atoms with Crippen LogP contribution < -0.4 is 9.47 Å². The second-order valence-electron chi connectivity index (χ2n) is 6.31. The van der Waals surface area contributed by atoms with Crippen LogP contribution in [0.1, 0.15) is 25.3 Å². The summed E-state index contributed by atoms with van der Waals surface area (Å²) >= 11 is 0. The Morgan fingerprint density at radius 2 is 1.83 bits per heavy atom. The van der Waals surface area contributed by atoms with Crippen LogP contribution >= 0.6 is 0 Å². The molecule has 1 aliphatic heterocycles. The highest BCUT2D eigenvalue weighted by Gasteiger charge is 2.30. The maximum absolute atomic E-state index is 12.7. The Morgan fingerprint density at radius 3 is 2.45 bits per heavy atom. The lowest BCUT2D eigenvalue weighted by atomic mass is 10.2. The largest absolute Gasteiger partial charge is 0.490 e. The molecule has 0 unspecified atom stereocenters. The van der Waals surface area contributed by atoms with Crippen molar-refractivity contribution in [3.63, 3.8) is 0 Å². The van der Waals surface area contributed by atoms with Crippen molar-refractivity contribution in [2.45, 2.75) is 24.7 Å². The fourth-order valence-electron chi connectivity index (χ4n) is 3.01. The summed E-state index contributed by atoms with van der Waals surface area (Å²) in [4.78, 5) is 10.7. The number of hydrogen-bond acceptors (Lipinski definition) is 7. The highest BCUT2D eigenvalue weighted by Crippen LogP contribution is 2.38. The zero-order valence-corrected chi connectivity index (χ0v) is 16.5. The molecular weight excluding hydrogens is 398 g/mol. The Kier molecular flexibility index (Phi) is 6.00. The van der Waals surface area contributed by atoms with Crippen LogP contribution in [0.3, 0.4) is 0 Å². The summed E-state index contributed by atoms with van der Waals surface area (Å²) in [5, 5.41) is 20.6. The normalized spacial score (nSPS) is 14.3. The van der Waals surface area contributed by atoms with E-state index in [1.54, 1.807) is 6.92 Å². The van der Waals surface area contributed by atoms with E-state index in [1.807, 2.05) is 6.07 Å². The molecule has 1 fully saturated rings. The summed E-state index contributed by atoms with van der Waals surface area (Å²) in [5.41, 5.74) is -0.126. The fraction of sp³-hybridized carbons (Fsp3) is 0.316. The third-order valence-electron chi connectivity index (χ3n) is 4.42. The standard InChI is InChI=1S/C19H19N3O6S/c1-2-27-19-11-14(13-20)5-7-18(19)28-17-8-6-15(12-16(17)22(23)24)29(25,26)21-9-3-4-10-21/h5-8,11-12H,2-4,9-10H2,1H3. The summed E-state index contributed by atoms with van der Waals surface area (Å²) in [5.74, 6) is 0.319. The molecule has 1 heterocycles. The van der Waals surface area contributed by atoms with Crippen molar-refractivity contribution in [1.82, 2.24) is 4.31 Å². The minimum absolute atomic E-state index is 0.124. The average Bonchev–Trinajstić information content (AvgIpc) is 3.25. The van der Waals surface area contributed by atoms with Gasteiger partial charge < -0.3 is 9.47 Å². The predicted octanol–water partition coefficient (Wildman–Crippen LogP) is 3.44. The molecule has 3 rings (SSSR count). The van der Waals surface area contributed by atoms with E-state index in [-0.39, 0.29) is 22.1 Å². The summed E-state index contributed by atoms with van der Waals surface area (Å²) in [6.45, 7) is 2.86. The van der Waals surface area contributed by atoms with E-state index in [1.165, 1.54) is 34.6 Å². The number of nitro groups is 1. The van der Waals surface area contributed by atoms with Crippen LogP contribution in [0.15, 0.2) is 41.3 Å². The Bertz CT molecular complexity index is 1070. The van der Waals surface area contributed by atoms with E-state index in [9.17, 15) is 18.5 Å². The van der Waals surface area contributed by atoms with Crippen molar-refractivity contribution >= 4 is 15.7 Å². The van der Waals surface area contributed by atoms with Gasteiger partial charge in [-0.1, -0.05) is 0 Å². The number of sulfonamides is 1. The number of nitrogens with zero attached hydrogens (tertiary/aromatic N) is 3. The van der Waals surface area contributed by atoms with Gasteiger partial charge in [0.2, 0.25) is 15.8 Å². The third-order valence-corrected chi connectivity index (χ3v) is 6.32. The minimum atomic E-state index is -3.80. The van der Waals surface area contributed by atoms with Crippen molar-refractivity contribution in [2.24, 2.45) is 0 Å². The number of benzene rings is 2. The second kappa shape index (κ2) is 8.46. The molecule has 0 amide bonds. The summed E-state index contributed by atoms with van der Waals surface area (Å²) in [7, 11) is -3.80. The molecule has 0 spiro atoms. The lowest BCUT2D eigenvalue weighted by molar-refractivity contribution is -0.385. The van der Waals surface area contributed by atoms with Gasteiger partial charge in [0.15, 0.2) is 11.5 Å². The van der Waals surface area contributed by atoms with Crippen LogP contribution in [-0.2, 0) is 10.0 Å². The Morgan fingerprint density at radius 1 is 1.14 bits per heavy atom. The Labute approximate surface area is 168 Å². The zero-order chi connectivity index (χ0) is 21.0. The second-order valence-corrected chi connectivity index (χ2v) is 8.24. The highest BCUT2D eigenvalue weighted by atomic mass is 32.2. The SMILES string of the molecule is CCOc1cc(C#N)ccc1Oc1ccc(S(=O)(=O)N2CCCC2)cc1[N+](=O)[O-]. The first kappa shape index (κ1) is 20.6. The topological polar surface area (TPSA) is 123 Å². The maximum atomic E-state index is 12.7. The molecular formula is C19H19N3O6S. The lowest BCUT2D eigenvalue weighted by Gasteiger charge is -2.16. The van der Waals surface area contributed by atoms with Crippen molar-refractivity contribution in [1.29, 1.82) is 5.26 Å². The van der Waals surface area contributed by atoms with Gasteiger partial charge in [0.25, 0.3) is 0 Å². The number of nitriles is 1. The molecule has 0 saturated carbocycles. The molecule has 2 aromatic carbocycles. The van der Waals surface area contributed by atoms with E-state index in [4.69, 9.17) is 14.7 Å². The highest BCUT2D eigenvalue weighted by molar-refractivity contribution is 7.89. The van der Waals surface area contributed by atoms with Gasteiger partial charge in [-0.25, -0.2) is 8.42 Å². The molecule has 0 aliphatic carbocycles. The Hall–Kier alpha value is -3.16. The van der Waals surface area contributed by atoms with Gasteiger partial charge >= 0.3 is 5.69 Å². The van der Waals surface area contributed by atoms with Gasteiger partial charge in [0.1, 0.15) is 0 Å². The first-order valence-electron chi connectivity index (χ1n) is 9.00. The fourth-order valence-corrected chi connectivity index (χ4v) is 4.55. The maximum Gasteiger partial charge on any atom is 0.312 e. The van der Waals surface area contributed by atoms with E-state index in [0.29, 0.717) is 25.3 Å². The summed E-state index contributed by atoms with van der Waals surface area (Å²) in [6, 6.07) is 9.98. The van der Waals surface area contributed by atoms with Gasteiger partial charge in [-0.05, 0) is 44.0 Å². The van der Waals surface area contributed by atoms with Crippen molar-refractivity contribution < 1.29 is 22.8 Å². The minimum Gasteiger partial charge on any atom is -0.490 e. The van der Waals surface area contributed by atoms with Gasteiger partial charge in [0.05, 0.1) is 28.1 Å². The van der Waals surface area contributed by atoms with Crippen molar-refractivity contribution in [3.05, 3.63) is 52.1 Å². The van der Waals surface area contributed by atoms with Crippen LogP contribution in [0.4, 0.5) is 5.69 Å². The van der Waals surface area contributed by atoms with Gasteiger partial charge in [-0.2, -0.15) is 9.57 Å². The molecule has 0 atom stereocenters. The number of ether oxygens (including phenoxy) is 2. The van der Waals surface area contributed by atoms with Gasteiger partial charge in [0, 0.05) is 25.2 Å². The van der Waals surface area contributed by atoms with E-state index >= 15 is 0 Å². The summed E-state index contributed by atoms with van der Waals surface area (Å²) < 4.78 is 37.8. The monoisotopic (exact) mass is 417 g/mol. The predicted molar refractivity (Wildman–Crippen MR) is 103 cm³/mol. The van der Waals surface area contributed by atoms with E-state index in [0.717, 1.165) is 18.9 Å². The molecule has 0 aromatic heterocycles. The number of rotatable bonds is 7. The lowest BCUT2D eigenvalue weighted by Crippen LogP contribution is -2.27. The van der Waals surface area contributed by atoms with Crippen LogP contribution in [0.2, 0.25) is 0 Å². The number of hydrogen-bond donors (Lipinski definition) is 0. The Balaban J connectivity index is 1.99. The number of nitro benzene ring substituents is 1. The molecule has 0 bridgehead atoms. The van der Waals surface area contributed by atoms with Crippen LogP contribution in [-0.4, -0.2) is 37.3 Å². The quantitative estimate of drug-likeness (QED) is 0.499. The third kappa shape index (κ3) is 4.31. The first-order valence-corrected chi connectivity index (χ1v) is 10.4. The molecule has 2 aromatic rings. The van der Waals surface area contributed by atoms with Gasteiger partial charge in [-0.3, -0.25) is 10.1 Å². The van der Waals surface area contributed by atoms with Crippen molar-refractivity contribution in [3.8, 4) is 23.3 Å². The molecule has 29 heavy (non-hydrogen) atoms. The molecule has 10 heteroatoms. The van der Waals surface area contributed by atoms with Crippen LogP contribution in [0.25, 0.3) is 0 Å². The molecule has 9 nitrogen and oxygen atoms in total. The van der Waals surface area contributed by atoms with Crippen LogP contribution in [0, 0.1) is 21.4 Å².